The summed E-state index contributed by atoms with van der Waals surface area (Å²) in [5.41, 5.74) is 28.5. The molecule has 0 spiro atoms. The Labute approximate surface area is 413 Å². The average Bonchev–Trinajstić information content (AvgIpc) is 4.18. The molecule has 6 heteroatoms. The van der Waals surface area contributed by atoms with Gasteiger partial charge in [0.1, 0.15) is 0 Å². The van der Waals surface area contributed by atoms with Crippen molar-refractivity contribution >= 4 is 133 Å². The van der Waals surface area contributed by atoms with Crippen LogP contribution in [0.4, 0.5) is 0 Å². The molecule has 0 unspecified atom stereocenters. The van der Waals surface area contributed by atoms with Gasteiger partial charge in [0.05, 0.1) is 44.1 Å². The summed E-state index contributed by atoms with van der Waals surface area (Å²) in [5, 5.41) is 10.4. The van der Waals surface area contributed by atoms with E-state index in [9.17, 15) is 0 Å². The van der Waals surface area contributed by atoms with Gasteiger partial charge in [-0.3, -0.25) is 0 Å². The predicted octanol–water partition coefficient (Wildman–Crippen LogP) is 11.7. The van der Waals surface area contributed by atoms with Gasteiger partial charge in [0, 0.05) is 77.0 Å². The number of nitrogens with zero attached hydrogens (tertiary/aromatic N) is 4. The molecule has 0 atom stereocenters. The second kappa shape index (κ2) is 12.6. The Morgan fingerprint density at radius 2 is 0.625 bits per heavy atom. The molecule has 8 heterocycles. The molecule has 15 aromatic rings. The summed E-state index contributed by atoms with van der Waals surface area (Å²) in [6.45, 7) is -0.0180. The third-order valence-corrected chi connectivity index (χ3v) is 17.5. The van der Waals surface area contributed by atoms with Crippen LogP contribution in [0.3, 0.4) is 0 Å². The number of hydrogen-bond donors (Lipinski definition) is 0. The first-order valence-corrected chi connectivity index (χ1v) is 25.3. The van der Waals surface area contributed by atoms with E-state index < -0.39 is 0 Å². The van der Waals surface area contributed by atoms with E-state index in [1.165, 1.54) is 165 Å². The topological polar surface area (TPSA) is 19.7 Å². The second-order valence-corrected chi connectivity index (χ2v) is 20.6. The lowest BCUT2D eigenvalue weighted by Gasteiger charge is -2.37. The van der Waals surface area contributed by atoms with Crippen LogP contribution in [0, 0.1) is 0 Å². The lowest BCUT2D eigenvalue weighted by molar-refractivity contribution is 1.14. The first-order chi connectivity index (χ1) is 35.8. The summed E-state index contributed by atoms with van der Waals surface area (Å²) in [7, 11) is 0. The minimum atomic E-state index is -0.00900. The standard InChI is InChI=1S/C66H36B2N4/c1-3-17-37(18-4-1)39-23-15-25-43-47-33-45-41-21-7-11-29-53(41)69-55-31-13-9-27-49(55)67-51-35-52-58(36-57(51)71(61(39)43)65(47)59(67)63(45)69)72-62-40(38-19-5-2-6-20-38)24-16-26-44(62)48-34-46-42-22-8-12-30-54(42)70-56-32-14-10-28-50(56)68(52)60(64(46)70)66(48)72/h1-36H. The van der Waals surface area contributed by atoms with Gasteiger partial charge in [-0.05, 0) is 86.4 Å². The maximum absolute atomic E-state index is 2.70. The molecule has 0 fully saturated rings. The summed E-state index contributed by atoms with van der Waals surface area (Å²) >= 11 is 0. The first-order valence-electron chi connectivity index (χ1n) is 25.3. The highest BCUT2D eigenvalue weighted by atomic mass is 15.1. The molecule has 4 aliphatic rings. The number of aromatic nitrogens is 4. The van der Waals surface area contributed by atoms with E-state index >= 15 is 0 Å². The van der Waals surface area contributed by atoms with Crippen molar-refractivity contribution in [3.8, 4) is 45.0 Å². The van der Waals surface area contributed by atoms with E-state index in [-0.39, 0.29) is 13.4 Å². The Bertz CT molecular complexity index is 4740. The summed E-state index contributed by atoms with van der Waals surface area (Å²) in [5.74, 6) is 0. The van der Waals surface area contributed by atoms with E-state index in [1.54, 1.807) is 0 Å². The van der Waals surface area contributed by atoms with Crippen LogP contribution >= 0.6 is 0 Å². The van der Waals surface area contributed by atoms with Crippen LogP contribution in [0.25, 0.3) is 132 Å². The van der Waals surface area contributed by atoms with Gasteiger partial charge in [-0.2, -0.15) is 0 Å². The van der Waals surface area contributed by atoms with Crippen molar-refractivity contribution < 1.29 is 0 Å². The quantitative estimate of drug-likeness (QED) is 0.154. The highest BCUT2D eigenvalue weighted by Crippen LogP contribution is 2.47. The zero-order chi connectivity index (χ0) is 46.2. The molecule has 0 N–H and O–H groups in total. The minimum absolute atomic E-state index is 0.00900. The van der Waals surface area contributed by atoms with Crippen LogP contribution in [0.5, 0.6) is 0 Å². The van der Waals surface area contributed by atoms with Gasteiger partial charge < -0.3 is 18.3 Å². The zero-order valence-corrected chi connectivity index (χ0v) is 38.7. The highest BCUT2D eigenvalue weighted by molar-refractivity contribution is 7.03. The fourth-order valence-electron chi connectivity index (χ4n) is 14.9. The van der Waals surface area contributed by atoms with Crippen LogP contribution < -0.4 is 32.8 Å². The Balaban J connectivity index is 1.06. The molecular weight excluding hydrogens is 870 g/mol. The summed E-state index contributed by atoms with van der Waals surface area (Å²) in [6, 6.07) is 83.2. The third kappa shape index (κ3) is 4.07. The smallest absolute Gasteiger partial charge is 0.252 e. The molecule has 0 amide bonds. The number of hydrogen-bond acceptors (Lipinski definition) is 0. The molecule has 326 valence electrons. The molecule has 11 aromatic carbocycles. The van der Waals surface area contributed by atoms with E-state index in [0.717, 1.165) is 0 Å². The third-order valence-electron chi connectivity index (χ3n) is 17.5. The van der Waals surface area contributed by atoms with Crippen molar-refractivity contribution in [2.24, 2.45) is 0 Å². The van der Waals surface area contributed by atoms with Crippen molar-refractivity contribution in [3.05, 3.63) is 218 Å². The molecule has 4 nitrogen and oxygen atoms in total. The molecular formula is C66H36B2N4. The normalized spacial score (nSPS) is 13.5. The Morgan fingerprint density at radius 1 is 0.236 bits per heavy atom. The molecule has 4 aliphatic heterocycles. The summed E-state index contributed by atoms with van der Waals surface area (Å²) < 4.78 is 10.6. The number of para-hydroxylation sites is 6. The van der Waals surface area contributed by atoms with Crippen LogP contribution in [-0.4, -0.2) is 31.7 Å². The molecule has 19 rings (SSSR count). The van der Waals surface area contributed by atoms with E-state index in [1.807, 2.05) is 0 Å². The van der Waals surface area contributed by atoms with Crippen LogP contribution in [-0.2, 0) is 0 Å². The van der Waals surface area contributed by atoms with E-state index in [2.05, 4.69) is 237 Å². The summed E-state index contributed by atoms with van der Waals surface area (Å²) in [4.78, 5) is 0. The molecule has 0 saturated carbocycles. The van der Waals surface area contributed by atoms with Crippen LogP contribution in [0.2, 0.25) is 0 Å². The van der Waals surface area contributed by atoms with Crippen molar-refractivity contribution in [3.63, 3.8) is 0 Å². The number of rotatable bonds is 2. The molecule has 0 bridgehead atoms. The van der Waals surface area contributed by atoms with Gasteiger partial charge >= 0.3 is 0 Å². The van der Waals surface area contributed by atoms with Gasteiger partial charge in [0.2, 0.25) is 0 Å². The Kier molecular flexibility index (Phi) is 6.40. The van der Waals surface area contributed by atoms with Crippen LogP contribution in [0.15, 0.2) is 218 Å². The van der Waals surface area contributed by atoms with Gasteiger partial charge in [0.15, 0.2) is 0 Å². The zero-order valence-electron chi connectivity index (χ0n) is 38.7. The van der Waals surface area contributed by atoms with E-state index in [4.69, 9.17) is 0 Å². The molecule has 0 aliphatic carbocycles. The second-order valence-electron chi connectivity index (χ2n) is 20.6. The van der Waals surface area contributed by atoms with Crippen molar-refractivity contribution in [2.45, 2.75) is 0 Å². The predicted molar refractivity (Wildman–Crippen MR) is 304 cm³/mol. The Morgan fingerprint density at radius 3 is 1.11 bits per heavy atom. The van der Waals surface area contributed by atoms with Crippen molar-refractivity contribution in [1.29, 1.82) is 0 Å². The molecule has 0 radical (unpaired) electrons. The van der Waals surface area contributed by atoms with Gasteiger partial charge in [0.25, 0.3) is 13.4 Å². The fourth-order valence-corrected chi connectivity index (χ4v) is 14.9. The van der Waals surface area contributed by atoms with Crippen LogP contribution in [0.1, 0.15) is 0 Å². The largest absolute Gasteiger partial charge is 0.310 e. The molecule has 4 aromatic heterocycles. The average molecular weight is 907 g/mol. The lowest BCUT2D eigenvalue weighted by atomic mass is 9.31. The van der Waals surface area contributed by atoms with Gasteiger partial charge in [-0.1, -0.05) is 176 Å². The fraction of sp³-hybridized carbons (Fsp3) is 0. The monoisotopic (exact) mass is 906 g/mol. The summed E-state index contributed by atoms with van der Waals surface area (Å²) in [6.07, 6.45) is 0. The Hall–Kier alpha value is -9.25. The van der Waals surface area contributed by atoms with Crippen molar-refractivity contribution in [1.82, 2.24) is 18.3 Å². The maximum atomic E-state index is 2.70. The maximum Gasteiger partial charge on any atom is 0.252 e. The van der Waals surface area contributed by atoms with Gasteiger partial charge in [-0.25, -0.2) is 0 Å². The SMILES string of the molecule is c1ccc(-c2cccc3c4cc5c6ccccc6n6c5c5c4n(c23)-c2cc3c(cc2B5c2ccccc2-6)B2c4ccccc4-n4c5ccccc5c5cc6c7cccc(-c8ccccc8)c7n-3c6c2c54)cc1. The van der Waals surface area contributed by atoms with E-state index in [0.29, 0.717) is 0 Å². The number of fused-ring (bicyclic) bond motifs is 24. The first kappa shape index (κ1) is 36.7. The highest BCUT2D eigenvalue weighted by Gasteiger charge is 2.46. The lowest BCUT2D eigenvalue weighted by Crippen LogP contribution is -2.63. The molecule has 0 saturated heterocycles. The molecule has 72 heavy (non-hydrogen) atoms. The van der Waals surface area contributed by atoms with Gasteiger partial charge in [-0.15, -0.1) is 0 Å². The minimum Gasteiger partial charge on any atom is -0.310 e. The number of benzene rings is 11. The van der Waals surface area contributed by atoms with Crippen molar-refractivity contribution in [2.75, 3.05) is 0 Å².